The Morgan fingerprint density at radius 3 is 2.64 bits per heavy atom. The molecule has 3 rings (SSSR count). The maximum atomic E-state index is 12.4. The maximum Gasteiger partial charge on any atom is 0.241 e. The molecule has 1 amide bonds. The molecule has 0 bridgehead atoms. The first-order valence-corrected chi connectivity index (χ1v) is 7.60. The Kier molecular flexibility index (Phi) is 4.39. The number of fused-ring (bicyclic) bond motifs is 1. The molecule has 4 heteroatoms. The Hall–Kier alpha value is -2.33. The monoisotopic (exact) mass is 296 g/mol. The molecule has 1 unspecified atom stereocenters. The van der Waals surface area contributed by atoms with Gasteiger partial charge in [-0.05, 0) is 48.7 Å². The van der Waals surface area contributed by atoms with Crippen LogP contribution in [0.1, 0.15) is 18.1 Å². The minimum Gasteiger partial charge on any atom is -0.494 e. The molecule has 2 aromatic carbocycles. The minimum atomic E-state index is -0.193. The Bertz CT molecular complexity index is 652. The molecule has 22 heavy (non-hydrogen) atoms. The fraction of sp³-hybridized carbons (Fsp3) is 0.278. The normalized spacial score (nSPS) is 16.7. The predicted octanol–water partition coefficient (Wildman–Crippen LogP) is 2.74. The molecule has 0 saturated heterocycles. The van der Waals surface area contributed by atoms with Crippen LogP contribution in [0.3, 0.4) is 0 Å². The van der Waals surface area contributed by atoms with Gasteiger partial charge in [-0.3, -0.25) is 4.79 Å². The van der Waals surface area contributed by atoms with Crippen LogP contribution in [0.25, 0.3) is 0 Å². The number of anilines is 1. The number of hydrogen-bond donors (Lipinski definition) is 2. The summed E-state index contributed by atoms with van der Waals surface area (Å²) in [5, 5.41) is 6.25. The van der Waals surface area contributed by atoms with Crippen molar-refractivity contribution in [3.63, 3.8) is 0 Å². The van der Waals surface area contributed by atoms with Gasteiger partial charge in [0.1, 0.15) is 5.75 Å². The maximum absolute atomic E-state index is 12.4. The zero-order valence-corrected chi connectivity index (χ0v) is 12.6. The van der Waals surface area contributed by atoms with Crippen LogP contribution in [0, 0.1) is 0 Å². The highest BCUT2D eigenvalue weighted by molar-refractivity contribution is 5.95. The summed E-state index contributed by atoms with van der Waals surface area (Å²) in [6.07, 6.45) is 0.721. The molecule has 1 aliphatic heterocycles. The summed E-state index contributed by atoms with van der Waals surface area (Å²) in [5.41, 5.74) is 3.30. The van der Waals surface area contributed by atoms with E-state index in [-0.39, 0.29) is 11.9 Å². The van der Waals surface area contributed by atoms with E-state index in [1.807, 2.05) is 43.3 Å². The lowest BCUT2D eigenvalue weighted by atomic mass is 9.95. The molecule has 2 aromatic rings. The molecule has 4 nitrogen and oxygen atoms in total. The number of amides is 1. The van der Waals surface area contributed by atoms with Crippen molar-refractivity contribution < 1.29 is 9.53 Å². The smallest absolute Gasteiger partial charge is 0.241 e. The van der Waals surface area contributed by atoms with Crippen molar-refractivity contribution in [2.24, 2.45) is 0 Å². The average Bonchev–Trinajstić information content (AvgIpc) is 2.56. The topological polar surface area (TPSA) is 50.4 Å². The number of nitrogens with one attached hydrogen (secondary N) is 2. The van der Waals surface area contributed by atoms with Crippen LogP contribution in [0.2, 0.25) is 0 Å². The summed E-state index contributed by atoms with van der Waals surface area (Å²) in [7, 11) is 0. The summed E-state index contributed by atoms with van der Waals surface area (Å²) in [4.78, 5) is 12.4. The van der Waals surface area contributed by atoms with E-state index in [2.05, 4.69) is 22.8 Å². The molecule has 0 aliphatic carbocycles. The van der Waals surface area contributed by atoms with Crippen LogP contribution < -0.4 is 15.4 Å². The molecule has 0 radical (unpaired) electrons. The fourth-order valence-corrected chi connectivity index (χ4v) is 2.67. The molecule has 114 valence electrons. The third-order valence-corrected chi connectivity index (χ3v) is 3.83. The highest BCUT2D eigenvalue weighted by Crippen LogP contribution is 2.19. The standard InChI is InChI=1S/C18H20N2O2/c1-2-22-16-9-7-15(8-10-16)20-18(21)17-11-13-5-3-4-6-14(13)12-19-17/h3-10,17,19H,2,11-12H2,1H3,(H,20,21). The molecule has 0 spiro atoms. The third-order valence-electron chi connectivity index (χ3n) is 3.83. The molecule has 0 fully saturated rings. The van der Waals surface area contributed by atoms with Gasteiger partial charge < -0.3 is 15.4 Å². The fourth-order valence-electron chi connectivity index (χ4n) is 2.67. The summed E-state index contributed by atoms with van der Waals surface area (Å²) in [5.74, 6) is 0.809. The van der Waals surface area contributed by atoms with Crippen molar-refractivity contribution in [3.05, 3.63) is 59.7 Å². The Labute approximate surface area is 130 Å². The van der Waals surface area contributed by atoms with Gasteiger partial charge in [0.25, 0.3) is 0 Å². The lowest BCUT2D eigenvalue weighted by Gasteiger charge is -2.25. The third kappa shape index (κ3) is 3.28. The summed E-state index contributed by atoms with van der Waals surface area (Å²) in [6.45, 7) is 3.32. The quantitative estimate of drug-likeness (QED) is 0.912. The molecular formula is C18H20N2O2. The summed E-state index contributed by atoms with van der Waals surface area (Å²) < 4.78 is 5.40. The van der Waals surface area contributed by atoms with Crippen molar-refractivity contribution in [1.29, 1.82) is 0 Å². The lowest BCUT2D eigenvalue weighted by Crippen LogP contribution is -2.44. The summed E-state index contributed by atoms with van der Waals surface area (Å²) >= 11 is 0. The second-order valence-electron chi connectivity index (χ2n) is 5.35. The first-order valence-electron chi connectivity index (χ1n) is 7.60. The van der Waals surface area contributed by atoms with Gasteiger partial charge in [0.15, 0.2) is 0 Å². The second kappa shape index (κ2) is 6.62. The number of carbonyl (C=O) groups excluding carboxylic acids is 1. The van der Waals surface area contributed by atoms with Crippen molar-refractivity contribution in [2.75, 3.05) is 11.9 Å². The highest BCUT2D eigenvalue weighted by Gasteiger charge is 2.23. The van der Waals surface area contributed by atoms with E-state index in [9.17, 15) is 4.79 Å². The van der Waals surface area contributed by atoms with E-state index in [1.54, 1.807) is 0 Å². The molecule has 1 atom stereocenters. The van der Waals surface area contributed by atoms with E-state index in [0.717, 1.165) is 24.4 Å². The van der Waals surface area contributed by atoms with E-state index >= 15 is 0 Å². The Morgan fingerprint density at radius 1 is 1.18 bits per heavy atom. The predicted molar refractivity (Wildman–Crippen MR) is 87.0 cm³/mol. The molecule has 0 saturated carbocycles. The van der Waals surface area contributed by atoms with Gasteiger partial charge in [-0.15, -0.1) is 0 Å². The van der Waals surface area contributed by atoms with Crippen LogP contribution in [-0.4, -0.2) is 18.6 Å². The largest absolute Gasteiger partial charge is 0.494 e. The SMILES string of the molecule is CCOc1ccc(NC(=O)C2Cc3ccccc3CN2)cc1. The molecule has 1 aliphatic rings. The second-order valence-corrected chi connectivity index (χ2v) is 5.35. The van der Waals surface area contributed by atoms with E-state index in [0.29, 0.717) is 6.61 Å². The van der Waals surface area contributed by atoms with E-state index in [1.165, 1.54) is 11.1 Å². The van der Waals surface area contributed by atoms with Crippen LogP contribution in [-0.2, 0) is 17.8 Å². The number of hydrogen-bond acceptors (Lipinski definition) is 3. The van der Waals surface area contributed by atoms with Crippen LogP contribution in [0.4, 0.5) is 5.69 Å². The van der Waals surface area contributed by atoms with Crippen molar-refractivity contribution in [2.45, 2.75) is 25.9 Å². The van der Waals surface area contributed by atoms with Crippen LogP contribution in [0.15, 0.2) is 48.5 Å². The van der Waals surface area contributed by atoms with Crippen molar-refractivity contribution in [3.8, 4) is 5.75 Å². The lowest BCUT2D eigenvalue weighted by molar-refractivity contribution is -0.118. The zero-order valence-electron chi connectivity index (χ0n) is 12.6. The van der Waals surface area contributed by atoms with Gasteiger partial charge in [0, 0.05) is 12.2 Å². The van der Waals surface area contributed by atoms with Gasteiger partial charge in [-0.2, -0.15) is 0 Å². The molecule has 0 aromatic heterocycles. The Morgan fingerprint density at radius 2 is 1.91 bits per heavy atom. The van der Waals surface area contributed by atoms with Gasteiger partial charge in [-0.1, -0.05) is 24.3 Å². The molecule has 2 N–H and O–H groups in total. The molecule has 1 heterocycles. The summed E-state index contributed by atoms with van der Waals surface area (Å²) in [6, 6.07) is 15.5. The average molecular weight is 296 g/mol. The van der Waals surface area contributed by atoms with E-state index < -0.39 is 0 Å². The number of ether oxygens (including phenoxy) is 1. The first-order chi connectivity index (χ1) is 10.8. The van der Waals surface area contributed by atoms with Gasteiger partial charge in [0.05, 0.1) is 12.6 Å². The van der Waals surface area contributed by atoms with Gasteiger partial charge in [0.2, 0.25) is 5.91 Å². The van der Waals surface area contributed by atoms with E-state index in [4.69, 9.17) is 4.74 Å². The van der Waals surface area contributed by atoms with Crippen LogP contribution in [0.5, 0.6) is 5.75 Å². The highest BCUT2D eigenvalue weighted by atomic mass is 16.5. The number of rotatable bonds is 4. The first kappa shape index (κ1) is 14.6. The molecular weight excluding hydrogens is 276 g/mol. The Balaban J connectivity index is 1.63. The van der Waals surface area contributed by atoms with Crippen molar-refractivity contribution >= 4 is 11.6 Å². The van der Waals surface area contributed by atoms with Crippen molar-refractivity contribution in [1.82, 2.24) is 5.32 Å². The minimum absolute atomic E-state index is 0.00124. The number of carbonyl (C=O) groups is 1. The zero-order chi connectivity index (χ0) is 15.4. The number of benzene rings is 2. The van der Waals surface area contributed by atoms with Gasteiger partial charge in [-0.25, -0.2) is 0 Å². The van der Waals surface area contributed by atoms with Gasteiger partial charge >= 0.3 is 0 Å². The van der Waals surface area contributed by atoms with Crippen LogP contribution >= 0.6 is 0 Å².